The zero-order valence-corrected chi connectivity index (χ0v) is 14.8. The molecule has 1 nitrogen and oxygen atoms in total. The Kier molecular flexibility index (Phi) is 29.9. The third-order valence-electron chi connectivity index (χ3n) is 0. The Labute approximate surface area is 140 Å². The Morgan fingerprint density at radius 3 is 1.33 bits per heavy atom. The van der Waals surface area contributed by atoms with Crippen molar-refractivity contribution in [1.29, 1.82) is 5.41 Å². The van der Waals surface area contributed by atoms with Gasteiger partial charge in [0.2, 0.25) is 0 Å². The predicted octanol–water partition coefficient (Wildman–Crippen LogP) is -4.72. The Hall–Kier alpha value is 3.28. The number of hydrogen-bond acceptors (Lipinski definition) is 1. The van der Waals surface area contributed by atoms with E-state index in [-0.39, 0.29) is 119 Å². The van der Waals surface area contributed by atoms with Gasteiger partial charge in [-0.05, 0) is 13.8 Å². The van der Waals surface area contributed by atoms with Crippen LogP contribution in [-0.4, -0.2) is 5.71 Å². The maximum atomic E-state index is 6.50. The average Bonchev–Trinajstić information content (AvgIpc) is 0.811. The Balaban J connectivity index is -0.00000000750. The Bertz CT molecular complexity index is 38.3. The molecule has 0 aliphatic rings. The van der Waals surface area contributed by atoms with E-state index in [9.17, 15) is 0 Å². The van der Waals surface area contributed by atoms with Gasteiger partial charge in [0.25, 0.3) is 0 Å². The maximum Gasteiger partial charge on any atom is 1.00 e. The molecule has 0 aromatic carbocycles. The van der Waals surface area contributed by atoms with E-state index in [1.165, 1.54) is 0 Å². The first-order valence-electron chi connectivity index (χ1n) is 1.25. The molecular weight excluding hydrogens is 221 g/mol. The summed E-state index contributed by atoms with van der Waals surface area (Å²) in [4.78, 5) is 0. The van der Waals surface area contributed by atoms with Crippen molar-refractivity contribution < 1.29 is 119 Å². The van der Waals surface area contributed by atoms with E-state index < -0.39 is 0 Å². The van der Waals surface area contributed by atoms with Crippen molar-refractivity contribution in [3.63, 3.8) is 0 Å². The molecule has 28 valence electrons. The SMILES string of the molecule is CC(C)=N.[H-].[H-].[Rb+].[Rb+]. The minimum Gasteiger partial charge on any atom is -1.00 e. The van der Waals surface area contributed by atoms with E-state index in [4.69, 9.17) is 5.41 Å². The van der Waals surface area contributed by atoms with Crippen molar-refractivity contribution in [2.24, 2.45) is 0 Å². The first-order valence-corrected chi connectivity index (χ1v) is 1.25. The van der Waals surface area contributed by atoms with E-state index in [0.717, 1.165) is 0 Å². The average molecular weight is 230 g/mol. The van der Waals surface area contributed by atoms with Crippen LogP contribution in [0.15, 0.2) is 0 Å². The largest absolute Gasteiger partial charge is 1.00 e. The molecule has 3 heteroatoms. The molecule has 0 saturated carbocycles. The quantitative estimate of drug-likeness (QED) is 0.404. The molecule has 0 amide bonds. The summed E-state index contributed by atoms with van der Waals surface area (Å²) in [7, 11) is 0. The molecule has 0 saturated heterocycles. The second-order valence-corrected chi connectivity index (χ2v) is 1.00. The summed E-state index contributed by atoms with van der Waals surface area (Å²) in [5.74, 6) is 0. The molecule has 6 heavy (non-hydrogen) atoms. The van der Waals surface area contributed by atoms with Crippen LogP contribution in [0.1, 0.15) is 16.7 Å². The van der Waals surface area contributed by atoms with Crippen LogP contribution in [0, 0.1) is 5.41 Å². The topological polar surface area (TPSA) is 23.9 Å². The van der Waals surface area contributed by atoms with Gasteiger partial charge in [0.15, 0.2) is 0 Å². The van der Waals surface area contributed by atoms with Crippen LogP contribution in [-0.2, 0) is 0 Å². The van der Waals surface area contributed by atoms with Crippen molar-refractivity contribution in [3.05, 3.63) is 0 Å². The van der Waals surface area contributed by atoms with E-state index in [2.05, 4.69) is 0 Å². The smallest absolute Gasteiger partial charge is 1.00 e. The molecule has 0 bridgehead atoms. The molecule has 0 heterocycles. The predicted molar refractivity (Wildman–Crippen MR) is 21.3 cm³/mol. The molecule has 1 N–H and O–H groups in total. The summed E-state index contributed by atoms with van der Waals surface area (Å²) < 4.78 is 0. The van der Waals surface area contributed by atoms with E-state index in [1.807, 2.05) is 0 Å². The standard InChI is InChI=1S/C3H7N.2Rb.2H/c1-3(2)4;;;;/h4H,1-2H3;;;;/q;2*+1;2*-1. The monoisotopic (exact) mass is 229 g/mol. The Morgan fingerprint density at radius 1 is 1.33 bits per heavy atom. The third-order valence-corrected chi connectivity index (χ3v) is 0. The van der Waals surface area contributed by atoms with Crippen LogP contribution in [0.3, 0.4) is 0 Å². The molecule has 0 radical (unpaired) electrons. The van der Waals surface area contributed by atoms with Gasteiger partial charge in [0.05, 0.1) is 0 Å². The molecule has 0 spiro atoms. The molecule has 0 aliphatic carbocycles. The van der Waals surface area contributed by atoms with Crippen molar-refractivity contribution in [3.8, 4) is 0 Å². The molecule has 0 aromatic rings. The van der Waals surface area contributed by atoms with Crippen molar-refractivity contribution in [2.45, 2.75) is 13.8 Å². The van der Waals surface area contributed by atoms with E-state index in [1.54, 1.807) is 13.8 Å². The zero-order chi connectivity index (χ0) is 3.58. The maximum absolute atomic E-state index is 6.50. The number of nitrogens with one attached hydrogen (secondary N) is 1. The van der Waals surface area contributed by atoms with Gasteiger partial charge in [-0.25, -0.2) is 0 Å². The molecule has 0 rings (SSSR count). The van der Waals surface area contributed by atoms with Crippen LogP contribution in [0.4, 0.5) is 0 Å². The van der Waals surface area contributed by atoms with Crippen molar-refractivity contribution >= 4 is 5.71 Å². The number of hydrogen-bond donors (Lipinski definition) is 1. The Morgan fingerprint density at radius 2 is 1.33 bits per heavy atom. The van der Waals surface area contributed by atoms with Gasteiger partial charge in [-0.2, -0.15) is 0 Å². The normalized spacial score (nSPS) is 4.33. The van der Waals surface area contributed by atoms with Crippen LogP contribution in [0.2, 0.25) is 0 Å². The molecule has 0 unspecified atom stereocenters. The van der Waals surface area contributed by atoms with Crippen molar-refractivity contribution in [1.82, 2.24) is 0 Å². The van der Waals surface area contributed by atoms with Crippen molar-refractivity contribution in [2.75, 3.05) is 0 Å². The summed E-state index contributed by atoms with van der Waals surface area (Å²) in [6.45, 7) is 3.50. The third kappa shape index (κ3) is 26.7. The molecule has 0 fully saturated rings. The fourth-order valence-electron chi connectivity index (χ4n) is 0. The van der Waals surface area contributed by atoms with Gasteiger partial charge in [0, 0.05) is 5.71 Å². The minimum absolute atomic E-state index is 0. The summed E-state index contributed by atoms with van der Waals surface area (Å²) in [6, 6.07) is 0. The van der Waals surface area contributed by atoms with E-state index >= 15 is 0 Å². The van der Waals surface area contributed by atoms with E-state index in [0.29, 0.717) is 5.71 Å². The molecule has 0 aromatic heterocycles. The summed E-state index contributed by atoms with van der Waals surface area (Å²) in [5, 5.41) is 6.50. The van der Waals surface area contributed by atoms with Crippen LogP contribution in [0.5, 0.6) is 0 Å². The fraction of sp³-hybridized carbons (Fsp3) is 0.667. The van der Waals surface area contributed by atoms with Gasteiger partial charge in [0.1, 0.15) is 0 Å². The molecular formula is C3H9NRb2. The van der Waals surface area contributed by atoms with Gasteiger partial charge in [-0.1, -0.05) is 0 Å². The second-order valence-electron chi connectivity index (χ2n) is 1.00. The first kappa shape index (κ1) is 16.1. The number of rotatable bonds is 0. The summed E-state index contributed by atoms with van der Waals surface area (Å²) in [6.07, 6.45) is 0. The summed E-state index contributed by atoms with van der Waals surface area (Å²) in [5.41, 5.74) is 0.667. The van der Waals surface area contributed by atoms with Gasteiger partial charge in [-0.15, -0.1) is 0 Å². The van der Waals surface area contributed by atoms with Crippen LogP contribution >= 0.6 is 0 Å². The fourth-order valence-corrected chi connectivity index (χ4v) is 0. The molecule has 0 aliphatic heterocycles. The van der Waals surface area contributed by atoms with Crippen LogP contribution in [0.25, 0.3) is 0 Å². The van der Waals surface area contributed by atoms with Gasteiger partial charge in [-0.3, -0.25) is 0 Å². The zero-order valence-electron chi connectivity index (χ0n) is 7.00. The van der Waals surface area contributed by atoms with Crippen LogP contribution < -0.4 is 116 Å². The first-order chi connectivity index (χ1) is 1.73. The minimum atomic E-state index is 0. The van der Waals surface area contributed by atoms with Gasteiger partial charge < -0.3 is 8.26 Å². The second kappa shape index (κ2) is 11.1. The summed E-state index contributed by atoms with van der Waals surface area (Å²) >= 11 is 0. The van der Waals surface area contributed by atoms with Gasteiger partial charge >= 0.3 is 116 Å². The molecule has 0 atom stereocenters.